The minimum Gasteiger partial charge on any atom is -0.460 e. The highest BCUT2D eigenvalue weighted by Crippen LogP contribution is 2.26. The van der Waals surface area contributed by atoms with E-state index in [-0.39, 0.29) is 11.8 Å². The number of fused-ring (bicyclic) bond motifs is 1. The van der Waals surface area contributed by atoms with Gasteiger partial charge in [-0.25, -0.2) is 0 Å². The average Bonchev–Trinajstić information content (AvgIpc) is 2.51. The first-order valence-corrected chi connectivity index (χ1v) is 4.04. The smallest absolute Gasteiger partial charge is 0.259 e. The topological polar surface area (TPSA) is 71.0 Å². The number of thiocarbonyl (C=S) groups is 1. The summed E-state index contributed by atoms with van der Waals surface area (Å²) in [5, 5.41) is 21.2. The summed E-state index contributed by atoms with van der Waals surface area (Å²) >= 11 is 4.71. The standard InChI is InChI=1S/C6H9NO4S/c8-1-2-3(9)4-5(10-2)7-6(12)11-4/h2-5,8-9H,1H2,(H,7,12)/t2-,3+,4+,5+/m0/s1. The molecule has 68 valence electrons. The molecule has 0 radical (unpaired) electrons. The summed E-state index contributed by atoms with van der Waals surface area (Å²) < 4.78 is 10.3. The van der Waals surface area contributed by atoms with Gasteiger partial charge in [0.2, 0.25) is 0 Å². The van der Waals surface area contributed by atoms with Gasteiger partial charge in [0.15, 0.2) is 12.3 Å². The summed E-state index contributed by atoms with van der Waals surface area (Å²) in [6, 6.07) is 0. The third-order valence-electron chi connectivity index (χ3n) is 2.02. The summed E-state index contributed by atoms with van der Waals surface area (Å²) in [6.07, 6.45) is -2.28. The number of aliphatic hydroxyl groups is 2. The van der Waals surface area contributed by atoms with Crippen LogP contribution in [0.4, 0.5) is 0 Å². The second-order valence-corrected chi connectivity index (χ2v) is 3.15. The van der Waals surface area contributed by atoms with E-state index in [1.165, 1.54) is 0 Å². The van der Waals surface area contributed by atoms with Crippen molar-refractivity contribution in [3.63, 3.8) is 0 Å². The normalized spacial score (nSPS) is 45.3. The highest BCUT2D eigenvalue weighted by Gasteiger charge is 2.49. The van der Waals surface area contributed by atoms with Gasteiger partial charge in [0.1, 0.15) is 12.2 Å². The highest BCUT2D eigenvalue weighted by molar-refractivity contribution is 7.80. The number of hydrogen-bond donors (Lipinski definition) is 3. The van der Waals surface area contributed by atoms with Crippen molar-refractivity contribution in [3.05, 3.63) is 0 Å². The molecule has 2 saturated heterocycles. The van der Waals surface area contributed by atoms with Gasteiger partial charge in [-0.2, -0.15) is 0 Å². The van der Waals surface area contributed by atoms with Crippen molar-refractivity contribution < 1.29 is 19.7 Å². The van der Waals surface area contributed by atoms with E-state index in [1.54, 1.807) is 0 Å². The molecule has 0 aliphatic carbocycles. The van der Waals surface area contributed by atoms with Crippen LogP contribution in [-0.2, 0) is 9.47 Å². The molecule has 0 bridgehead atoms. The molecule has 5 nitrogen and oxygen atoms in total. The summed E-state index contributed by atoms with van der Waals surface area (Å²) in [5.74, 6) is 0. The molecule has 2 heterocycles. The first kappa shape index (κ1) is 8.18. The third kappa shape index (κ3) is 1.08. The van der Waals surface area contributed by atoms with E-state index in [9.17, 15) is 5.11 Å². The number of ether oxygens (including phenoxy) is 2. The monoisotopic (exact) mass is 191 g/mol. The zero-order valence-corrected chi connectivity index (χ0v) is 6.95. The Hall–Kier alpha value is -0.430. The van der Waals surface area contributed by atoms with Crippen LogP contribution in [0.3, 0.4) is 0 Å². The second-order valence-electron chi connectivity index (χ2n) is 2.78. The Labute approximate surface area is 74.3 Å². The number of rotatable bonds is 1. The predicted octanol–water partition coefficient (Wildman–Crippen LogP) is -1.66. The molecule has 3 N–H and O–H groups in total. The Morgan fingerprint density at radius 3 is 2.92 bits per heavy atom. The zero-order valence-electron chi connectivity index (χ0n) is 6.14. The van der Waals surface area contributed by atoms with E-state index >= 15 is 0 Å². The first-order chi connectivity index (χ1) is 5.72. The molecule has 4 atom stereocenters. The fourth-order valence-corrected chi connectivity index (χ4v) is 1.64. The minimum atomic E-state index is -0.812. The summed E-state index contributed by atoms with van der Waals surface area (Å²) in [6.45, 7) is -0.216. The molecule has 0 aromatic heterocycles. The quantitative estimate of drug-likeness (QED) is 0.431. The van der Waals surface area contributed by atoms with Crippen molar-refractivity contribution in [2.75, 3.05) is 6.61 Å². The number of aliphatic hydroxyl groups excluding tert-OH is 2. The molecule has 0 saturated carbocycles. The molecule has 0 spiro atoms. The van der Waals surface area contributed by atoms with E-state index in [2.05, 4.69) is 5.32 Å². The van der Waals surface area contributed by atoms with E-state index in [0.717, 1.165) is 0 Å². The Balaban J connectivity index is 2.08. The fraction of sp³-hybridized carbons (Fsp3) is 0.833. The molecule has 0 amide bonds. The molecule has 2 aliphatic rings. The van der Waals surface area contributed by atoms with Crippen LogP contribution in [0.15, 0.2) is 0 Å². The van der Waals surface area contributed by atoms with Gasteiger partial charge in [-0.15, -0.1) is 0 Å². The van der Waals surface area contributed by atoms with Crippen molar-refractivity contribution in [3.8, 4) is 0 Å². The lowest BCUT2D eigenvalue weighted by Crippen LogP contribution is -2.33. The van der Waals surface area contributed by atoms with E-state index in [0.29, 0.717) is 0 Å². The van der Waals surface area contributed by atoms with Crippen LogP contribution in [0.2, 0.25) is 0 Å². The van der Waals surface area contributed by atoms with E-state index in [1.807, 2.05) is 0 Å². The maximum absolute atomic E-state index is 9.47. The van der Waals surface area contributed by atoms with Gasteiger partial charge in [0, 0.05) is 0 Å². The van der Waals surface area contributed by atoms with Crippen LogP contribution in [0.25, 0.3) is 0 Å². The van der Waals surface area contributed by atoms with Crippen LogP contribution in [0.1, 0.15) is 0 Å². The third-order valence-corrected chi connectivity index (χ3v) is 2.23. The molecule has 12 heavy (non-hydrogen) atoms. The lowest BCUT2D eigenvalue weighted by atomic mass is 10.1. The molecular weight excluding hydrogens is 182 g/mol. The molecule has 2 fully saturated rings. The highest BCUT2D eigenvalue weighted by atomic mass is 32.1. The van der Waals surface area contributed by atoms with E-state index in [4.69, 9.17) is 26.8 Å². The van der Waals surface area contributed by atoms with Gasteiger partial charge in [-0.3, -0.25) is 0 Å². The van der Waals surface area contributed by atoms with Gasteiger partial charge >= 0.3 is 0 Å². The predicted molar refractivity (Wildman–Crippen MR) is 42.4 cm³/mol. The summed E-state index contributed by atoms with van der Waals surface area (Å²) in [4.78, 5) is 0. The number of hydrogen-bond acceptors (Lipinski definition) is 5. The van der Waals surface area contributed by atoms with Crippen molar-refractivity contribution in [1.82, 2.24) is 5.32 Å². The van der Waals surface area contributed by atoms with Crippen molar-refractivity contribution in [2.24, 2.45) is 0 Å². The first-order valence-electron chi connectivity index (χ1n) is 3.64. The Kier molecular flexibility index (Phi) is 1.91. The van der Waals surface area contributed by atoms with Crippen molar-refractivity contribution >= 4 is 17.4 Å². The second kappa shape index (κ2) is 2.81. The molecule has 2 rings (SSSR count). The Morgan fingerprint density at radius 1 is 1.58 bits per heavy atom. The van der Waals surface area contributed by atoms with Crippen LogP contribution >= 0.6 is 12.2 Å². The van der Waals surface area contributed by atoms with Crippen molar-refractivity contribution in [2.45, 2.75) is 24.5 Å². The lowest BCUT2D eigenvalue weighted by molar-refractivity contribution is -0.0263. The maximum atomic E-state index is 9.47. The lowest BCUT2D eigenvalue weighted by Gasteiger charge is -2.13. The molecule has 2 aliphatic heterocycles. The van der Waals surface area contributed by atoms with Crippen LogP contribution in [0.5, 0.6) is 0 Å². The molecule has 0 aromatic carbocycles. The number of nitrogens with one attached hydrogen (secondary N) is 1. The molecule has 0 aromatic rings. The van der Waals surface area contributed by atoms with Gasteiger partial charge in [-0.1, -0.05) is 0 Å². The van der Waals surface area contributed by atoms with Crippen LogP contribution < -0.4 is 5.32 Å². The maximum Gasteiger partial charge on any atom is 0.259 e. The van der Waals surface area contributed by atoms with Gasteiger partial charge < -0.3 is 25.0 Å². The van der Waals surface area contributed by atoms with Crippen LogP contribution in [-0.4, -0.2) is 46.5 Å². The van der Waals surface area contributed by atoms with Crippen LogP contribution in [0, 0.1) is 0 Å². The zero-order chi connectivity index (χ0) is 8.72. The Morgan fingerprint density at radius 2 is 2.33 bits per heavy atom. The van der Waals surface area contributed by atoms with E-state index < -0.39 is 24.5 Å². The fourth-order valence-electron chi connectivity index (χ4n) is 1.41. The van der Waals surface area contributed by atoms with Gasteiger partial charge in [0.25, 0.3) is 5.17 Å². The summed E-state index contributed by atoms with van der Waals surface area (Å²) in [7, 11) is 0. The average molecular weight is 191 g/mol. The molecule has 0 unspecified atom stereocenters. The largest absolute Gasteiger partial charge is 0.460 e. The summed E-state index contributed by atoms with van der Waals surface area (Å²) in [5.41, 5.74) is 0. The molecule has 6 heteroatoms. The van der Waals surface area contributed by atoms with Gasteiger partial charge in [0.05, 0.1) is 6.61 Å². The SMILES string of the molecule is OC[C@@H]1O[C@H]2NC(=S)O[C@@H]2[C@@H]1O. The minimum absolute atomic E-state index is 0.216. The Bertz CT molecular complexity index is 212. The van der Waals surface area contributed by atoms with Gasteiger partial charge in [-0.05, 0) is 12.2 Å². The van der Waals surface area contributed by atoms with Crippen molar-refractivity contribution in [1.29, 1.82) is 0 Å². The molecular formula is C6H9NO4S.